The van der Waals surface area contributed by atoms with E-state index in [2.05, 4.69) is 9.97 Å². The molecule has 0 aliphatic rings. The van der Waals surface area contributed by atoms with Crippen molar-refractivity contribution >= 4 is 35.9 Å². The predicted octanol–water partition coefficient (Wildman–Crippen LogP) is 5.18. The van der Waals surface area contributed by atoms with Crippen LogP contribution in [0.5, 0.6) is 23.0 Å². The number of nitrogens with two attached hydrogens (primary N) is 2. The van der Waals surface area contributed by atoms with Gasteiger partial charge in [0.1, 0.15) is 23.0 Å². The maximum atomic E-state index is 11.1. The van der Waals surface area contributed by atoms with E-state index in [0.717, 1.165) is 46.1 Å². The molecule has 56 heavy (non-hydrogen) atoms. The van der Waals surface area contributed by atoms with Crippen LogP contribution >= 0.6 is 12.4 Å². The normalized spacial score (nSPS) is 9.59. The number of ketones is 2. The SMILES string of the molecule is COc1ccc(CC(=O)CN)cc1.COc1ccc(CC(=O)C[N+](=O)[O-])cc1.COc1ccc(CC(=O)O)cc1.COc1ccc(Cc2cnc(N)[nH]2)cc1.Cl. The van der Waals surface area contributed by atoms with E-state index in [-0.39, 0.29) is 37.6 Å². The number of rotatable bonds is 15. The highest BCUT2D eigenvalue weighted by atomic mass is 35.5. The van der Waals surface area contributed by atoms with E-state index in [0.29, 0.717) is 18.1 Å². The molecule has 0 aliphatic heterocycles. The van der Waals surface area contributed by atoms with Crippen molar-refractivity contribution in [3.8, 4) is 23.0 Å². The highest BCUT2D eigenvalue weighted by Gasteiger charge is 2.10. The molecule has 0 saturated carbocycles. The smallest absolute Gasteiger partial charge is 0.307 e. The molecule has 0 amide bonds. The zero-order chi connectivity index (χ0) is 40.6. The lowest BCUT2D eigenvalue weighted by atomic mass is 10.1. The first-order valence-corrected chi connectivity index (χ1v) is 16.8. The van der Waals surface area contributed by atoms with Crippen LogP contribution in [0.1, 0.15) is 27.9 Å². The van der Waals surface area contributed by atoms with Gasteiger partial charge in [-0.15, -0.1) is 12.4 Å². The molecule has 300 valence electrons. The van der Waals surface area contributed by atoms with Gasteiger partial charge in [-0.25, -0.2) is 4.98 Å². The first kappa shape index (κ1) is 47.6. The number of hydrogen-bond donors (Lipinski definition) is 4. The fourth-order valence-electron chi connectivity index (χ4n) is 4.56. The molecular formula is C40H48ClN5O10. The fourth-order valence-corrected chi connectivity index (χ4v) is 4.56. The lowest BCUT2D eigenvalue weighted by Gasteiger charge is -2.01. The van der Waals surface area contributed by atoms with Crippen molar-refractivity contribution in [2.45, 2.75) is 25.7 Å². The van der Waals surface area contributed by atoms with Gasteiger partial charge in [0.2, 0.25) is 5.78 Å². The number of ether oxygens (including phenoxy) is 4. The van der Waals surface area contributed by atoms with Crippen molar-refractivity contribution in [2.75, 3.05) is 47.3 Å². The summed E-state index contributed by atoms with van der Waals surface area (Å²) in [6.07, 6.45) is 3.10. The number of imidazole rings is 1. The Bertz CT molecular complexity index is 1900. The summed E-state index contributed by atoms with van der Waals surface area (Å²) in [6, 6.07) is 29.2. The van der Waals surface area contributed by atoms with Gasteiger partial charge in [0.05, 0.1) is 47.6 Å². The summed E-state index contributed by atoms with van der Waals surface area (Å²) >= 11 is 0. The molecule has 0 spiro atoms. The van der Waals surface area contributed by atoms with Crippen LogP contribution in [0.3, 0.4) is 0 Å². The van der Waals surface area contributed by atoms with E-state index < -0.39 is 23.2 Å². The van der Waals surface area contributed by atoms with Crippen LogP contribution in [0, 0.1) is 10.1 Å². The molecule has 16 heteroatoms. The maximum Gasteiger partial charge on any atom is 0.307 e. The average Bonchev–Trinajstić information content (AvgIpc) is 3.60. The topological polar surface area (TPSA) is 232 Å². The molecule has 0 radical (unpaired) electrons. The molecule has 0 bridgehead atoms. The lowest BCUT2D eigenvalue weighted by molar-refractivity contribution is -0.467. The van der Waals surface area contributed by atoms with Crippen LogP contribution in [0.4, 0.5) is 5.95 Å². The first-order chi connectivity index (χ1) is 26.4. The number of H-pyrrole nitrogens is 1. The third kappa shape index (κ3) is 19.6. The molecule has 4 aromatic carbocycles. The van der Waals surface area contributed by atoms with Crippen molar-refractivity contribution in [3.63, 3.8) is 0 Å². The number of carbonyl (C=O) groups is 3. The average molecular weight is 794 g/mol. The van der Waals surface area contributed by atoms with Gasteiger partial charge in [-0.2, -0.15) is 0 Å². The standard InChI is InChI=1S/C11H13N3O.C10H11NO4.C10H13NO2.C9H10O3.ClH/c1-15-10-4-2-8(3-5-10)6-9-7-13-11(12)14-9;1-15-10-4-2-8(3-5-10)6-9(12)7-11(13)14;1-13-10-4-2-8(3-5-10)6-9(12)7-11;1-12-8-4-2-7(3-5-8)6-9(10)11;/h2-5,7H,6H2,1H3,(H3,12,13,14);2-5H,6-7H2,1H3;2-5H,6-7,11H2,1H3;2-5H,6H2,1H3,(H,10,11);1H. The Morgan fingerprint density at radius 1 is 0.661 bits per heavy atom. The maximum absolute atomic E-state index is 11.1. The zero-order valence-electron chi connectivity index (χ0n) is 31.6. The summed E-state index contributed by atoms with van der Waals surface area (Å²) in [5.74, 6) is 2.38. The quantitative estimate of drug-likeness (QED) is 0.0791. The zero-order valence-corrected chi connectivity index (χ0v) is 32.5. The number of carboxylic acids is 1. The number of nitrogen functional groups attached to an aromatic ring is 1. The number of aromatic amines is 1. The Morgan fingerprint density at radius 3 is 1.32 bits per heavy atom. The van der Waals surface area contributed by atoms with Gasteiger partial charge >= 0.3 is 5.97 Å². The monoisotopic (exact) mass is 793 g/mol. The number of carboxylic acid groups (broad SMARTS) is 1. The Hall–Kier alpha value is -6.45. The van der Waals surface area contributed by atoms with Gasteiger partial charge in [-0.3, -0.25) is 24.5 Å². The third-order valence-electron chi connectivity index (χ3n) is 7.37. The molecule has 0 unspecified atom stereocenters. The molecular weight excluding hydrogens is 746 g/mol. The van der Waals surface area contributed by atoms with E-state index >= 15 is 0 Å². The summed E-state index contributed by atoms with van der Waals surface area (Å²) in [5, 5.41) is 18.5. The molecule has 5 rings (SSSR count). The van der Waals surface area contributed by atoms with Crippen molar-refractivity contribution < 1.29 is 43.4 Å². The fraction of sp³-hybridized carbons (Fsp3) is 0.250. The Morgan fingerprint density at radius 2 is 1.02 bits per heavy atom. The van der Waals surface area contributed by atoms with Crippen molar-refractivity contribution in [1.82, 2.24) is 9.97 Å². The molecule has 0 aliphatic carbocycles. The number of aromatic nitrogens is 2. The van der Waals surface area contributed by atoms with Crippen LogP contribution in [0.15, 0.2) is 103 Å². The van der Waals surface area contributed by atoms with Gasteiger partial charge in [0, 0.05) is 29.9 Å². The summed E-state index contributed by atoms with van der Waals surface area (Å²) in [7, 11) is 6.39. The van der Waals surface area contributed by atoms with Gasteiger partial charge in [-0.05, 0) is 70.8 Å². The number of nitro groups is 1. The van der Waals surface area contributed by atoms with E-state index in [1.165, 1.54) is 5.56 Å². The first-order valence-electron chi connectivity index (χ1n) is 16.8. The second-order valence-electron chi connectivity index (χ2n) is 11.6. The molecule has 0 fully saturated rings. The van der Waals surface area contributed by atoms with Crippen LogP contribution in [0.25, 0.3) is 0 Å². The Kier molecular flexibility index (Phi) is 22.4. The van der Waals surface area contributed by atoms with Crippen LogP contribution < -0.4 is 30.4 Å². The molecule has 0 saturated heterocycles. The number of halogens is 1. The predicted molar refractivity (Wildman–Crippen MR) is 215 cm³/mol. The lowest BCUT2D eigenvalue weighted by Crippen LogP contribution is -2.15. The molecule has 1 heterocycles. The number of aliphatic carboxylic acids is 1. The van der Waals surface area contributed by atoms with Crippen LogP contribution in [-0.2, 0) is 40.1 Å². The van der Waals surface area contributed by atoms with Crippen molar-refractivity contribution in [2.24, 2.45) is 5.73 Å². The Balaban J connectivity index is 0.000000373. The van der Waals surface area contributed by atoms with Crippen molar-refractivity contribution in [1.29, 1.82) is 0 Å². The minimum atomic E-state index is -0.819. The number of anilines is 1. The summed E-state index contributed by atoms with van der Waals surface area (Å²) in [5.41, 5.74) is 15.4. The molecule has 1 aromatic heterocycles. The number of nitrogens with one attached hydrogen (secondary N) is 1. The minimum Gasteiger partial charge on any atom is -0.497 e. The summed E-state index contributed by atoms with van der Waals surface area (Å²) in [6.45, 7) is -0.516. The molecule has 0 atom stereocenters. The van der Waals surface area contributed by atoms with Crippen LogP contribution in [-0.4, -0.2) is 79.1 Å². The van der Waals surface area contributed by atoms with Gasteiger partial charge < -0.3 is 40.5 Å². The number of hydrogen-bond acceptors (Lipinski definition) is 12. The third-order valence-corrected chi connectivity index (χ3v) is 7.37. The highest BCUT2D eigenvalue weighted by Crippen LogP contribution is 2.15. The summed E-state index contributed by atoms with van der Waals surface area (Å²) in [4.78, 5) is 48.8. The van der Waals surface area contributed by atoms with E-state index in [1.807, 2.05) is 48.5 Å². The number of methoxy groups -OCH3 is 4. The summed E-state index contributed by atoms with van der Waals surface area (Å²) < 4.78 is 19.9. The van der Waals surface area contributed by atoms with Gasteiger partial charge in [0.15, 0.2) is 11.7 Å². The van der Waals surface area contributed by atoms with Gasteiger partial charge in [0.25, 0.3) is 6.54 Å². The molecule has 5 aromatic rings. The van der Waals surface area contributed by atoms with Gasteiger partial charge in [-0.1, -0.05) is 48.5 Å². The highest BCUT2D eigenvalue weighted by molar-refractivity contribution is 5.85. The Labute approximate surface area is 331 Å². The largest absolute Gasteiger partial charge is 0.497 e. The van der Waals surface area contributed by atoms with Crippen molar-refractivity contribution in [3.05, 3.63) is 141 Å². The number of Topliss-reactive ketones (excluding diaryl/α,β-unsaturated/α-hetero) is 2. The van der Waals surface area contributed by atoms with E-state index in [4.69, 9.17) is 35.5 Å². The molecule has 6 N–H and O–H groups in total. The van der Waals surface area contributed by atoms with E-state index in [9.17, 15) is 24.5 Å². The number of benzene rings is 4. The molecule has 15 nitrogen and oxygen atoms in total. The second kappa shape index (κ2) is 26.3. The number of nitrogens with zero attached hydrogens (tertiary/aromatic N) is 2. The van der Waals surface area contributed by atoms with Crippen LogP contribution in [0.2, 0.25) is 0 Å². The number of carbonyl (C=O) groups excluding carboxylic acids is 2. The van der Waals surface area contributed by atoms with E-state index in [1.54, 1.807) is 83.2 Å². The second-order valence-corrected chi connectivity index (χ2v) is 11.6. The minimum absolute atomic E-state index is 0.